The Morgan fingerprint density at radius 1 is 0.763 bits per heavy atom. The molecule has 3 aliphatic rings. The van der Waals surface area contributed by atoms with Crippen LogP contribution in [0.3, 0.4) is 0 Å². The number of anilines is 1. The van der Waals surface area contributed by atoms with Gasteiger partial charge in [-0.25, -0.2) is 8.78 Å². The van der Waals surface area contributed by atoms with E-state index in [4.69, 9.17) is 0 Å². The fraction of sp³-hybridized carbons (Fsp3) is 0.406. The SMILES string of the molecule is Cc1ccc(N2CNC(=O)C23CCN(C2CCC(c4ccc(F)cc4)(c4ccc(F)cc4)CC2)CC3)cc1. The van der Waals surface area contributed by atoms with E-state index < -0.39 is 5.54 Å². The van der Waals surface area contributed by atoms with E-state index in [2.05, 4.69) is 46.3 Å². The van der Waals surface area contributed by atoms with Gasteiger partial charge in [0.05, 0.1) is 6.67 Å². The second-order valence-electron chi connectivity index (χ2n) is 11.3. The number of amides is 1. The van der Waals surface area contributed by atoms with Crippen molar-refractivity contribution in [3.05, 3.63) is 101 Å². The lowest BCUT2D eigenvalue weighted by atomic mass is 9.64. The number of nitrogens with zero attached hydrogens (tertiary/aromatic N) is 2. The molecule has 3 aromatic rings. The van der Waals surface area contributed by atoms with Gasteiger partial charge in [-0.2, -0.15) is 0 Å². The third kappa shape index (κ3) is 4.29. The lowest BCUT2D eigenvalue weighted by Gasteiger charge is -2.49. The number of benzene rings is 3. The average molecular weight is 516 g/mol. The summed E-state index contributed by atoms with van der Waals surface area (Å²) in [7, 11) is 0. The highest BCUT2D eigenvalue weighted by molar-refractivity contribution is 5.93. The summed E-state index contributed by atoms with van der Waals surface area (Å²) in [6.45, 7) is 4.42. The number of hydrogen-bond donors (Lipinski definition) is 1. The summed E-state index contributed by atoms with van der Waals surface area (Å²) in [5.41, 5.74) is 3.78. The molecule has 6 heteroatoms. The maximum atomic E-state index is 13.8. The van der Waals surface area contributed by atoms with Crippen LogP contribution >= 0.6 is 0 Å². The number of hydrogen-bond acceptors (Lipinski definition) is 3. The Labute approximate surface area is 223 Å². The van der Waals surface area contributed by atoms with Crippen molar-refractivity contribution in [3.8, 4) is 0 Å². The highest BCUT2D eigenvalue weighted by atomic mass is 19.1. The molecule has 2 heterocycles. The topological polar surface area (TPSA) is 35.6 Å². The van der Waals surface area contributed by atoms with Crippen molar-refractivity contribution in [1.82, 2.24) is 10.2 Å². The summed E-state index contributed by atoms with van der Waals surface area (Å²) in [5.74, 6) is -0.336. The Morgan fingerprint density at radius 3 is 1.82 bits per heavy atom. The zero-order valence-corrected chi connectivity index (χ0v) is 21.9. The maximum Gasteiger partial charge on any atom is 0.247 e. The minimum Gasteiger partial charge on any atom is -0.339 e. The van der Waals surface area contributed by atoms with Crippen molar-refractivity contribution in [2.75, 3.05) is 24.7 Å². The quantitative estimate of drug-likeness (QED) is 0.468. The first-order valence-corrected chi connectivity index (χ1v) is 13.8. The monoisotopic (exact) mass is 515 g/mol. The van der Waals surface area contributed by atoms with Crippen LogP contribution in [-0.2, 0) is 10.2 Å². The van der Waals surface area contributed by atoms with Gasteiger partial charge in [-0.3, -0.25) is 4.79 Å². The molecular weight excluding hydrogens is 480 g/mol. The van der Waals surface area contributed by atoms with Gasteiger partial charge in [0, 0.05) is 30.2 Å². The number of aryl methyl sites for hydroxylation is 1. The first-order valence-electron chi connectivity index (χ1n) is 13.8. The predicted molar refractivity (Wildman–Crippen MR) is 146 cm³/mol. The molecular formula is C32H35F2N3O. The smallest absolute Gasteiger partial charge is 0.247 e. The van der Waals surface area contributed by atoms with Crippen molar-refractivity contribution < 1.29 is 13.6 Å². The number of rotatable bonds is 4. The number of nitrogens with one attached hydrogen (secondary N) is 1. The van der Waals surface area contributed by atoms with Gasteiger partial charge >= 0.3 is 0 Å². The van der Waals surface area contributed by atoms with Crippen LogP contribution in [0.1, 0.15) is 55.2 Å². The number of carbonyl (C=O) groups is 1. The number of likely N-dealkylation sites (tertiary alicyclic amines) is 1. The molecule has 6 rings (SSSR count). The van der Waals surface area contributed by atoms with E-state index in [1.807, 2.05) is 24.3 Å². The first-order chi connectivity index (χ1) is 18.4. The van der Waals surface area contributed by atoms with E-state index in [1.165, 1.54) is 29.8 Å². The molecule has 0 radical (unpaired) electrons. The van der Waals surface area contributed by atoms with E-state index >= 15 is 0 Å². The highest BCUT2D eigenvalue weighted by Gasteiger charge is 2.51. The lowest BCUT2D eigenvalue weighted by Crippen LogP contribution is -2.58. The largest absolute Gasteiger partial charge is 0.339 e. The minimum absolute atomic E-state index is 0.146. The standard InChI is InChI=1S/C32H35F2N3O/c1-23-2-12-29(13-3-23)37-22-35-30(38)32(37)18-20-36(21-19-32)28-14-16-31(17-15-28,24-4-8-26(33)9-5-24)25-6-10-27(34)11-7-25/h2-13,28H,14-22H2,1H3,(H,35,38). The Balaban J connectivity index is 1.18. The van der Waals surface area contributed by atoms with Crippen LogP contribution in [0, 0.1) is 18.6 Å². The second kappa shape index (κ2) is 9.81. The summed E-state index contributed by atoms with van der Waals surface area (Å²) < 4.78 is 27.5. The van der Waals surface area contributed by atoms with Crippen molar-refractivity contribution in [3.63, 3.8) is 0 Å². The fourth-order valence-electron chi connectivity index (χ4n) is 7.15. The Morgan fingerprint density at radius 2 is 1.29 bits per heavy atom. The summed E-state index contributed by atoms with van der Waals surface area (Å²) in [6, 6.07) is 22.6. The van der Waals surface area contributed by atoms with Crippen LogP contribution in [0.15, 0.2) is 72.8 Å². The summed E-state index contributed by atoms with van der Waals surface area (Å²) >= 11 is 0. The number of halogens is 2. The van der Waals surface area contributed by atoms with Gasteiger partial charge in [0.1, 0.15) is 17.2 Å². The molecule has 0 unspecified atom stereocenters. The van der Waals surface area contributed by atoms with Gasteiger partial charge in [-0.1, -0.05) is 42.0 Å². The number of carbonyl (C=O) groups excluding carboxylic acids is 1. The summed E-state index contributed by atoms with van der Waals surface area (Å²) in [4.78, 5) is 17.9. The predicted octanol–water partition coefficient (Wildman–Crippen LogP) is 5.93. The van der Waals surface area contributed by atoms with Crippen molar-refractivity contribution in [1.29, 1.82) is 0 Å². The van der Waals surface area contributed by atoms with Crippen LogP contribution in [0.5, 0.6) is 0 Å². The molecule has 3 fully saturated rings. The molecule has 198 valence electrons. The normalized spacial score (nSPS) is 21.6. The zero-order valence-electron chi connectivity index (χ0n) is 21.9. The van der Waals surface area contributed by atoms with Crippen LogP contribution in [-0.4, -0.2) is 42.1 Å². The third-order valence-corrected chi connectivity index (χ3v) is 9.43. The molecule has 1 amide bonds. The molecule has 1 spiro atoms. The van der Waals surface area contributed by atoms with E-state index in [0.717, 1.165) is 68.4 Å². The number of piperidine rings is 1. The Hall–Kier alpha value is -3.25. The molecule has 2 saturated heterocycles. The van der Waals surface area contributed by atoms with Gasteiger partial charge in [0.2, 0.25) is 5.91 Å². The lowest BCUT2D eigenvalue weighted by molar-refractivity contribution is -0.125. The molecule has 0 atom stereocenters. The average Bonchev–Trinajstić information content (AvgIpc) is 3.25. The van der Waals surface area contributed by atoms with Crippen LogP contribution in [0.4, 0.5) is 14.5 Å². The molecule has 0 aromatic heterocycles. The molecule has 38 heavy (non-hydrogen) atoms. The second-order valence-corrected chi connectivity index (χ2v) is 11.3. The Bertz CT molecular complexity index is 1230. The molecule has 1 N–H and O–H groups in total. The zero-order chi connectivity index (χ0) is 26.3. The molecule has 4 nitrogen and oxygen atoms in total. The first kappa shape index (κ1) is 25.1. The fourth-order valence-corrected chi connectivity index (χ4v) is 7.15. The maximum absolute atomic E-state index is 13.8. The molecule has 0 bridgehead atoms. The van der Waals surface area contributed by atoms with Gasteiger partial charge in [-0.05, 0) is 93.0 Å². The minimum atomic E-state index is -0.480. The van der Waals surface area contributed by atoms with Crippen molar-refractivity contribution >= 4 is 11.6 Å². The summed E-state index contributed by atoms with van der Waals surface area (Å²) in [6.07, 6.45) is 5.49. The molecule has 1 saturated carbocycles. The van der Waals surface area contributed by atoms with Crippen LogP contribution < -0.4 is 10.2 Å². The Kier molecular flexibility index (Phi) is 6.47. The van der Waals surface area contributed by atoms with E-state index in [0.29, 0.717) is 12.7 Å². The highest BCUT2D eigenvalue weighted by Crippen LogP contribution is 2.47. The molecule has 2 aliphatic heterocycles. The van der Waals surface area contributed by atoms with Gasteiger partial charge < -0.3 is 15.1 Å². The van der Waals surface area contributed by atoms with E-state index in [-0.39, 0.29) is 23.0 Å². The van der Waals surface area contributed by atoms with Crippen LogP contribution in [0.25, 0.3) is 0 Å². The van der Waals surface area contributed by atoms with Gasteiger partial charge in [0.25, 0.3) is 0 Å². The van der Waals surface area contributed by atoms with Gasteiger partial charge in [0.15, 0.2) is 0 Å². The molecule has 1 aliphatic carbocycles. The summed E-state index contributed by atoms with van der Waals surface area (Å²) in [5, 5.41) is 3.11. The van der Waals surface area contributed by atoms with E-state index in [9.17, 15) is 13.6 Å². The van der Waals surface area contributed by atoms with Crippen molar-refractivity contribution in [2.24, 2.45) is 0 Å². The van der Waals surface area contributed by atoms with Gasteiger partial charge in [-0.15, -0.1) is 0 Å². The van der Waals surface area contributed by atoms with Crippen LogP contribution in [0.2, 0.25) is 0 Å². The van der Waals surface area contributed by atoms with Crippen molar-refractivity contribution in [2.45, 2.75) is 62.4 Å². The molecule has 3 aromatic carbocycles. The third-order valence-electron chi connectivity index (χ3n) is 9.43. The van der Waals surface area contributed by atoms with E-state index in [1.54, 1.807) is 0 Å².